The second-order valence-corrected chi connectivity index (χ2v) is 13.9. The molecule has 12 heteroatoms. The first-order valence-corrected chi connectivity index (χ1v) is 15.8. The van der Waals surface area contributed by atoms with Gasteiger partial charge in [0.25, 0.3) is 21.9 Å². The summed E-state index contributed by atoms with van der Waals surface area (Å²) in [5.41, 5.74) is -0.671. The second kappa shape index (κ2) is 11.8. The summed E-state index contributed by atoms with van der Waals surface area (Å²) in [7, 11) is -4.11. The van der Waals surface area contributed by atoms with Gasteiger partial charge in [0.15, 0.2) is 0 Å². The van der Waals surface area contributed by atoms with Gasteiger partial charge in [0.2, 0.25) is 5.88 Å². The number of rotatable bonds is 11. The van der Waals surface area contributed by atoms with E-state index in [2.05, 4.69) is 30.6 Å². The highest BCUT2D eigenvalue weighted by Gasteiger charge is 2.59. The lowest BCUT2D eigenvalue weighted by atomic mass is 9.97. The normalized spacial score (nSPS) is 20.5. The average molecular weight is 606 g/mol. The summed E-state index contributed by atoms with van der Waals surface area (Å²) in [6, 6.07) is 7.72. The van der Waals surface area contributed by atoms with Crippen molar-refractivity contribution in [2.75, 3.05) is 13.2 Å². The first-order valence-electron chi connectivity index (χ1n) is 14.3. The van der Waals surface area contributed by atoms with Crippen molar-refractivity contribution in [3.05, 3.63) is 53.7 Å². The Morgan fingerprint density at radius 2 is 1.93 bits per heavy atom. The van der Waals surface area contributed by atoms with Gasteiger partial charge < -0.3 is 9.64 Å². The Morgan fingerprint density at radius 3 is 2.48 bits per heavy atom. The molecule has 0 bridgehead atoms. The largest absolute Gasteiger partial charge is 0.476 e. The lowest BCUT2D eigenvalue weighted by Gasteiger charge is -2.35. The Bertz CT molecular complexity index is 1460. The Morgan fingerprint density at radius 1 is 1.26 bits per heavy atom. The zero-order valence-corrected chi connectivity index (χ0v) is 26.0. The molecule has 0 unspecified atom stereocenters. The van der Waals surface area contributed by atoms with E-state index in [4.69, 9.17) is 9.73 Å². The summed E-state index contributed by atoms with van der Waals surface area (Å²) >= 11 is 0. The van der Waals surface area contributed by atoms with Gasteiger partial charge in [0.1, 0.15) is 19.1 Å². The zero-order chi connectivity index (χ0) is 30.9. The van der Waals surface area contributed by atoms with Crippen molar-refractivity contribution < 1.29 is 26.7 Å². The molecule has 0 radical (unpaired) electrons. The van der Waals surface area contributed by atoms with Crippen molar-refractivity contribution in [3.63, 3.8) is 0 Å². The van der Waals surface area contributed by atoms with Gasteiger partial charge in [0, 0.05) is 30.8 Å². The average Bonchev–Trinajstić information content (AvgIpc) is 3.55. The SMILES string of the molecule is CC/C=C(C(=O)NS(=O)(=O)c1ccccc1)\C(=N/Cn1cc(C)c(OCC2(C(C)(F)F)CC2)n1)N1C[C@@H](C)CC1(C)C. The third-order valence-corrected chi connectivity index (χ3v) is 9.38. The van der Waals surface area contributed by atoms with Crippen LogP contribution >= 0.6 is 0 Å². The Kier molecular flexibility index (Phi) is 8.87. The number of carbonyl (C=O) groups is 1. The van der Waals surface area contributed by atoms with Crippen LogP contribution in [0.4, 0.5) is 8.78 Å². The molecule has 0 spiro atoms. The first-order chi connectivity index (χ1) is 19.6. The van der Waals surface area contributed by atoms with Crippen LogP contribution < -0.4 is 9.46 Å². The van der Waals surface area contributed by atoms with E-state index in [1.807, 2.05) is 11.8 Å². The van der Waals surface area contributed by atoms with Crippen LogP contribution in [0.1, 0.15) is 65.9 Å². The number of allylic oxidation sites excluding steroid dienone is 1. The predicted octanol–water partition coefficient (Wildman–Crippen LogP) is 5.32. The number of nitrogens with one attached hydrogen (secondary N) is 1. The van der Waals surface area contributed by atoms with Crippen LogP contribution in [0.25, 0.3) is 0 Å². The number of amides is 1. The number of sulfonamides is 1. The summed E-state index contributed by atoms with van der Waals surface area (Å²) in [6.07, 6.45) is 5.53. The molecule has 1 aromatic carbocycles. The number of carbonyl (C=O) groups excluding carboxylic acids is 1. The van der Waals surface area contributed by atoms with E-state index in [0.29, 0.717) is 43.1 Å². The molecule has 2 aromatic rings. The number of aryl methyl sites for hydroxylation is 1. The van der Waals surface area contributed by atoms with Crippen molar-refractivity contribution >= 4 is 21.8 Å². The highest BCUT2D eigenvalue weighted by atomic mass is 32.2. The summed E-state index contributed by atoms with van der Waals surface area (Å²) < 4.78 is 63.5. The van der Waals surface area contributed by atoms with Gasteiger partial charge in [-0.1, -0.05) is 38.1 Å². The predicted molar refractivity (Wildman–Crippen MR) is 157 cm³/mol. The minimum Gasteiger partial charge on any atom is -0.476 e. The van der Waals surface area contributed by atoms with Crippen molar-refractivity contribution in [1.82, 2.24) is 19.4 Å². The molecule has 1 saturated carbocycles. The number of aliphatic imine (C=N–C) groups is 1. The lowest BCUT2D eigenvalue weighted by Crippen LogP contribution is -2.46. The molecule has 2 fully saturated rings. The summed E-state index contributed by atoms with van der Waals surface area (Å²) in [6.45, 7) is 11.3. The zero-order valence-electron chi connectivity index (χ0n) is 25.2. The molecule has 1 saturated heterocycles. The van der Waals surface area contributed by atoms with E-state index in [9.17, 15) is 22.0 Å². The van der Waals surface area contributed by atoms with Gasteiger partial charge in [-0.05, 0) is 64.5 Å². The number of hydrogen-bond donors (Lipinski definition) is 1. The molecule has 2 heterocycles. The summed E-state index contributed by atoms with van der Waals surface area (Å²) in [5, 5.41) is 4.43. The van der Waals surface area contributed by atoms with Crippen LogP contribution in [0.5, 0.6) is 5.88 Å². The molecular weight excluding hydrogens is 564 g/mol. The molecule has 1 N–H and O–H groups in total. The number of amidine groups is 1. The van der Waals surface area contributed by atoms with Gasteiger partial charge in [-0.3, -0.25) is 4.79 Å². The summed E-state index contributed by atoms with van der Waals surface area (Å²) in [4.78, 5) is 20.4. The smallest absolute Gasteiger partial charge is 0.268 e. The van der Waals surface area contributed by atoms with Crippen molar-refractivity contribution in [2.24, 2.45) is 16.3 Å². The van der Waals surface area contributed by atoms with Crippen LogP contribution in [-0.4, -0.2) is 59.5 Å². The lowest BCUT2D eigenvalue weighted by molar-refractivity contribution is -0.115. The standard InChI is InChI=1S/C30H41F2N5O4S/c1-7-11-24(26(38)35-42(39,40)23-12-9-8-10-13-23)25(37-17-21(2)16-28(37,4)5)33-20-36-18-22(3)27(34-36)41-19-30(14-15-30)29(6,31)32/h8-13,18,21H,7,14-17,19-20H2,1-6H3,(H,35,38)/b24-11+,33-25+/t21-/m0/s1. The van der Waals surface area contributed by atoms with Gasteiger partial charge in [-0.2, -0.15) is 0 Å². The van der Waals surface area contributed by atoms with E-state index in [0.717, 1.165) is 13.3 Å². The molecule has 1 atom stereocenters. The molecule has 2 aliphatic rings. The van der Waals surface area contributed by atoms with Crippen LogP contribution in [0.15, 0.2) is 58.1 Å². The molecule has 230 valence electrons. The van der Waals surface area contributed by atoms with E-state index in [-0.39, 0.29) is 35.2 Å². The number of benzene rings is 1. The quantitative estimate of drug-likeness (QED) is 0.211. The maximum absolute atomic E-state index is 14.0. The minimum absolute atomic E-state index is 0.00927. The first kappa shape index (κ1) is 31.7. The molecule has 1 amide bonds. The Hall–Kier alpha value is -3.28. The van der Waals surface area contributed by atoms with Gasteiger partial charge in [-0.15, -0.1) is 5.10 Å². The molecule has 1 aliphatic heterocycles. The number of alkyl halides is 2. The molecule has 9 nitrogen and oxygen atoms in total. The number of halogens is 2. The van der Waals surface area contributed by atoms with E-state index < -0.39 is 27.3 Å². The number of ether oxygens (including phenoxy) is 1. The van der Waals surface area contributed by atoms with E-state index in [1.165, 1.54) is 16.8 Å². The fourth-order valence-corrected chi connectivity index (χ4v) is 6.51. The van der Waals surface area contributed by atoms with Gasteiger partial charge >= 0.3 is 0 Å². The summed E-state index contributed by atoms with van der Waals surface area (Å²) in [5.74, 6) is -2.66. The fraction of sp³-hybridized carbons (Fsp3) is 0.567. The third-order valence-electron chi connectivity index (χ3n) is 8.04. The van der Waals surface area contributed by atoms with Crippen molar-refractivity contribution in [3.8, 4) is 5.88 Å². The number of likely N-dealkylation sites (tertiary alicyclic amines) is 1. The van der Waals surface area contributed by atoms with E-state index in [1.54, 1.807) is 37.4 Å². The highest BCUT2D eigenvalue weighted by molar-refractivity contribution is 7.90. The highest BCUT2D eigenvalue weighted by Crippen LogP contribution is 2.56. The molecular formula is C30H41F2N5O4S. The Balaban J connectivity index is 1.62. The van der Waals surface area contributed by atoms with Crippen LogP contribution in [0.2, 0.25) is 0 Å². The topological polar surface area (TPSA) is 106 Å². The maximum atomic E-state index is 14.0. The van der Waals surface area contributed by atoms with Crippen LogP contribution in [0, 0.1) is 18.3 Å². The third kappa shape index (κ3) is 6.85. The number of nitrogens with zero attached hydrogens (tertiary/aromatic N) is 4. The monoisotopic (exact) mass is 605 g/mol. The molecule has 1 aromatic heterocycles. The Labute approximate surface area is 247 Å². The van der Waals surface area contributed by atoms with Gasteiger partial charge in [-0.25, -0.2) is 31.6 Å². The fourth-order valence-electron chi connectivity index (χ4n) is 5.53. The van der Waals surface area contributed by atoms with Gasteiger partial charge in [0.05, 0.1) is 15.9 Å². The van der Waals surface area contributed by atoms with E-state index >= 15 is 0 Å². The number of aromatic nitrogens is 2. The molecule has 42 heavy (non-hydrogen) atoms. The number of hydrogen-bond acceptors (Lipinski definition) is 6. The second-order valence-electron chi connectivity index (χ2n) is 12.2. The molecule has 4 rings (SSSR count). The van der Waals surface area contributed by atoms with Crippen molar-refractivity contribution in [2.45, 2.75) is 90.3 Å². The van der Waals surface area contributed by atoms with Crippen molar-refractivity contribution in [1.29, 1.82) is 0 Å². The van der Waals surface area contributed by atoms with Crippen LogP contribution in [-0.2, 0) is 21.5 Å². The molecule has 1 aliphatic carbocycles. The minimum atomic E-state index is -4.11. The van der Waals surface area contributed by atoms with Crippen LogP contribution in [0.3, 0.4) is 0 Å². The maximum Gasteiger partial charge on any atom is 0.268 e.